The molecule has 0 aliphatic carbocycles. The van der Waals surface area contributed by atoms with Gasteiger partial charge in [0.2, 0.25) is 0 Å². The first-order valence-electron chi connectivity index (χ1n) is 18.7. The summed E-state index contributed by atoms with van der Waals surface area (Å²) < 4.78 is 9.05. The summed E-state index contributed by atoms with van der Waals surface area (Å²) in [5, 5.41) is 7.37. The van der Waals surface area contributed by atoms with Gasteiger partial charge in [-0.2, -0.15) is 0 Å². The van der Waals surface area contributed by atoms with Crippen molar-refractivity contribution < 1.29 is 4.42 Å². The summed E-state index contributed by atoms with van der Waals surface area (Å²) in [6, 6.07) is 72.2. The highest BCUT2D eigenvalue weighted by molar-refractivity contribution is 7.25. The third-order valence-corrected chi connectivity index (χ3v) is 12.1. The van der Waals surface area contributed by atoms with Crippen molar-refractivity contribution in [3.8, 4) is 33.4 Å². The molecule has 0 unspecified atom stereocenters. The highest BCUT2D eigenvalue weighted by Crippen LogP contribution is 2.44. The Bertz CT molecular complexity index is 3200. The van der Waals surface area contributed by atoms with Crippen molar-refractivity contribution in [3.63, 3.8) is 0 Å². The second-order valence-corrected chi connectivity index (χ2v) is 15.1. The minimum absolute atomic E-state index is 0.907. The molecule has 0 saturated carbocycles. The fourth-order valence-electron chi connectivity index (χ4n) is 8.27. The third-order valence-electron chi connectivity index (χ3n) is 10.9. The molecule has 0 spiro atoms. The number of hydrogen-bond donors (Lipinski definition) is 0. The largest absolute Gasteiger partial charge is 0.455 e. The summed E-state index contributed by atoms with van der Waals surface area (Å²) in [5.41, 5.74) is 12.1. The van der Waals surface area contributed by atoms with Crippen LogP contribution in [0.1, 0.15) is 0 Å². The smallest absolute Gasteiger partial charge is 0.143 e. The van der Waals surface area contributed by atoms with Crippen molar-refractivity contribution >= 4 is 81.3 Å². The lowest BCUT2D eigenvalue weighted by Gasteiger charge is -2.28. The van der Waals surface area contributed by atoms with Gasteiger partial charge >= 0.3 is 0 Å². The van der Waals surface area contributed by atoms with Crippen LogP contribution in [-0.2, 0) is 0 Å². The van der Waals surface area contributed by atoms with Gasteiger partial charge in [0.25, 0.3) is 0 Å². The second-order valence-electron chi connectivity index (χ2n) is 14.1. The number of rotatable bonds is 6. The number of benzene rings is 9. The van der Waals surface area contributed by atoms with E-state index >= 15 is 0 Å². The summed E-state index contributed by atoms with van der Waals surface area (Å²) in [6.07, 6.45) is 0. The SMILES string of the molecule is c1ccc(N(c2ccc(-c3cccc4ccccc34)cc2)c2ccc(-c3cccc4c3oc3ccccc34)cc2)c(-c2ccc3sc4ccccc4c3c2)c1. The van der Waals surface area contributed by atoms with Crippen molar-refractivity contribution in [2.75, 3.05) is 4.90 Å². The number of furan rings is 1. The summed E-state index contributed by atoms with van der Waals surface area (Å²) in [6.45, 7) is 0. The Kier molecular flexibility index (Phi) is 7.39. The molecule has 0 aliphatic heterocycles. The van der Waals surface area contributed by atoms with E-state index in [-0.39, 0.29) is 0 Å². The fourth-order valence-corrected chi connectivity index (χ4v) is 9.35. The van der Waals surface area contributed by atoms with Crippen molar-refractivity contribution in [2.24, 2.45) is 0 Å². The van der Waals surface area contributed by atoms with E-state index in [4.69, 9.17) is 4.42 Å². The molecule has 2 nitrogen and oxygen atoms in total. The van der Waals surface area contributed by atoms with Crippen molar-refractivity contribution in [2.45, 2.75) is 0 Å². The highest BCUT2D eigenvalue weighted by Gasteiger charge is 2.19. The number of para-hydroxylation sites is 3. The monoisotopic (exact) mass is 719 g/mol. The van der Waals surface area contributed by atoms with E-state index in [1.165, 1.54) is 53.2 Å². The van der Waals surface area contributed by atoms with Crippen LogP contribution >= 0.6 is 11.3 Å². The zero-order valence-electron chi connectivity index (χ0n) is 29.8. The fraction of sp³-hybridized carbons (Fsp3) is 0. The Balaban J connectivity index is 1.06. The van der Waals surface area contributed by atoms with E-state index in [1.807, 2.05) is 23.5 Å². The van der Waals surface area contributed by atoms with Crippen molar-refractivity contribution in [3.05, 3.63) is 200 Å². The molecule has 2 heterocycles. The normalized spacial score (nSPS) is 11.6. The number of anilines is 3. The topological polar surface area (TPSA) is 16.4 Å². The van der Waals surface area contributed by atoms with Gasteiger partial charge in [-0.25, -0.2) is 0 Å². The molecule has 3 heteroatoms. The zero-order valence-corrected chi connectivity index (χ0v) is 30.6. The van der Waals surface area contributed by atoms with Gasteiger partial charge in [-0.15, -0.1) is 11.3 Å². The number of fused-ring (bicyclic) bond motifs is 7. The molecule has 0 atom stereocenters. The van der Waals surface area contributed by atoms with Crippen LogP contribution in [0.5, 0.6) is 0 Å². The van der Waals surface area contributed by atoms with Crippen LogP contribution in [0.4, 0.5) is 17.1 Å². The molecule has 258 valence electrons. The average Bonchev–Trinajstić information content (AvgIpc) is 3.83. The van der Waals surface area contributed by atoms with Gasteiger partial charge in [-0.1, -0.05) is 146 Å². The van der Waals surface area contributed by atoms with E-state index in [0.29, 0.717) is 0 Å². The average molecular weight is 720 g/mol. The molecular formula is C52H33NOS. The Labute approximate surface area is 322 Å². The Morgan fingerprint density at radius 3 is 1.76 bits per heavy atom. The Morgan fingerprint density at radius 1 is 0.364 bits per heavy atom. The number of thiophene rings is 1. The maximum Gasteiger partial charge on any atom is 0.143 e. The molecule has 0 saturated heterocycles. The molecule has 11 rings (SSSR count). The molecule has 0 bridgehead atoms. The first kappa shape index (κ1) is 31.6. The highest BCUT2D eigenvalue weighted by atomic mass is 32.1. The lowest BCUT2D eigenvalue weighted by Crippen LogP contribution is -2.11. The van der Waals surface area contributed by atoms with E-state index in [0.717, 1.165) is 50.1 Å². The molecule has 0 fully saturated rings. The lowest BCUT2D eigenvalue weighted by molar-refractivity contribution is 0.670. The van der Waals surface area contributed by atoms with Crippen LogP contribution in [0, 0.1) is 0 Å². The molecule has 0 radical (unpaired) electrons. The zero-order chi connectivity index (χ0) is 36.3. The standard InChI is InChI=1S/C52H33NOS/c1-2-13-40-34(11-1)12-9-17-41(40)35-23-28-38(29-24-35)53(39-30-25-36(26-31-39)43-18-10-19-46-44-15-4-7-21-49(44)54-52(43)46)48-20-6-3-14-42(48)37-27-32-51-47(33-37)45-16-5-8-22-50(45)55-51/h1-33H. The van der Waals surface area contributed by atoms with Crippen LogP contribution in [0.3, 0.4) is 0 Å². The summed E-state index contributed by atoms with van der Waals surface area (Å²) in [7, 11) is 0. The predicted molar refractivity (Wildman–Crippen MR) is 235 cm³/mol. The third kappa shape index (κ3) is 5.32. The molecule has 11 aromatic rings. The van der Waals surface area contributed by atoms with Gasteiger partial charge in [0.05, 0.1) is 5.69 Å². The molecule has 0 aliphatic rings. The van der Waals surface area contributed by atoms with Gasteiger partial charge in [0.1, 0.15) is 11.2 Å². The number of nitrogens with zero attached hydrogens (tertiary/aromatic N) is 1. The van der Waals surface area contributed by atoms with Gasteiger partial charge in [0, 0.05) is 53.4 Å². The summed E-state index contributed by atoms with van der Waals surface area (Å²) in [4.78, 5) is 2.39. The summed E-state index contributed by atoms with van der Waals surface area (Å²) >= 11 is 1.85. The second kappa shape index (κ2) is 12.9. The van der Waals surface area contributed by atoms with Crippen LogP contribution in [0.15, 0.2) is 205 Å². The lowest BCUT2D eigenvalue weighted by atomic mass is 9.97. The number of hydrogen-bond acceptors (Lipinski definition) is 3. The minimum Gasteiger partial charge on any atom is -0.455 e. The minimum atomic E-state index is 0.907. The quantitative estimate of drug-likeness (QED) is 0.170. The van der Waals surface area contributed by atoms with Crippen LogP contribution in [0.2, 0.25) is 0 Å². The van der Waals surface area contributed by atoms with Gasteiger partial charge in [0.15, 0.2) is 0 Å². The first-order valence-corrected chi connectivity index (χ1v) is 19.5. The summed E-state index contributed by atoms with van der Waals surface area (Å²) in [5.74, 6) is 0. The molecule has 9 aromatic carbocycles. The van der Waals surface area contributed by atoms with Gasteiger partial charge in [-0.3, -0.25) is 0 Å². The van der Waals surface area contributed by atoms with E-state index in [9.17, 15) is 0 Å². The van der Waals surface area contributed by atoms with Crippen molar-refractivity contribution in [1.29, 1.82) is 0 Å². The molecule has 55 heavy (non-hydrogen) atoms. The van der Waals surface area contributed by atoms with Crippen molar-refractivity contribution in [1.82, 2.24) is 0 Å². The van der Waals surface area contributed by atoms with Crippen LogP contribution in [-0.4, -0.2) is 0 Å². The predicted octanol–water partition coefficient (Wildman–Crippen LogP) is 15.6. The Hall–Kier alpha value is -6.94. The van der Waals surface area contributed by atoms with Crippen LogP contribution < -0.4 is 4.90 Å². The molecule has 0 amide bonds. The van der Waals surface area contributed by atoms with E-state index in [2.05, 4.69) is 193 Å². The molecular weight excluding hydrogens is 687 g/mol. The molecule has 0 N–H and O–H groups in total. The van der Waals surface area contributed by atoms with E-state index in [1.54, 1.807) is 0 Å². The first-order chi connectivity index (χ1) is 27.3. The van der Waals surface area contributed by atoms with Gasteiger partial charge < -0.3 is 9.32 Å². The molecule has 2 aromatic heterocycles. The maximum absolute atomic E-state index is 6.44. The van der Waals surface area contributed by atoms with Gasteiger partial charge in [-0.05, 0) is 87.6 Å². The Morgan fingerprint density at radius 2 is 0.927 bits per heavy atom. The maximum atomic E-state index is 6.44. The van der Waals surface area contributed by atoms with Crippen LogP contribution in [0.25, 0.3) is 86.3 Å². The van der Waals surface area contributed by atoms with E-state index < -0.39 is 0 Å².